The Morgan fingerprint density at radius 3 is 2.68 bits per heavy atom. The minimum absolute atomic E-state index is 0.0263. The Kier molecular flexibility index (Phi) is 5.33. The molecule has 2 N–H and O–H groups in total. The second kappa shape index (κ2) is 7.22. The third kappa shape index (κ3) is 3.54. The highest BCUT2D eigenvalue weighted by Gasteiger charge is 2.20. The van der Waals surface area contributed by atoms with Crippen LogP contribution in [0.3, 0.4) is 0 Å². The van der Waals surface area contributed by atoms with Crippen LogP contribution in [-0.2, 0) is 4.79 Å². The van der Waals surface area contributed by atoms with E-state index in [4.69, 9.17) is 0 Å². The van der Waals surface area contributed by atoms with E-state index in [0.717, 1.165) is 6.42 Å². The molecule has 1 aromatic heterocycles. The number of amides is 1. The van der Waals surface area contributed by atoms with Gasteiger partial charge in [0.15, 0.2) is 0 Å². The van der Waals surface area contributed by atoms with Crippen molar-refractivity contribution < 1.29 is 14.7 Å². The van der Waals surface area contributed by atoms with Crippen molar-refractivity contribution in [1.29, 1.82) is 0 Å². The van der Waals surface area contributed by atoms with Gasteiger partial charge in [0.25, 0.3) is 0 Å². The SMILES string of the molecule is CCCNC(=O)C(C)c1ccc(C(=O)c2cccs2)cc1O. The third-order valence-electron chi connectivity index (χ3n) is 3.45. The molecule has 1 unspecified atom stereocenters. The number of benzene rings is 1. The number of hydrogen-bond acceptors (Lipinski definition) is 4. The first-order chi connectivity index (χ1) is 10.5. The number of rotatable bonds is 6. The molecule has 0 saturated heterocycles. The fraction of sp³-hybridized carbons (Fsp3) is 0.294. The summed E-state index contributed by atoms with van der Waals surface area (Å²) in [5.74, 6) is -0.742. The van der Waals surface area contributed by atoms with Gasteiger partial charge in [0.1, 0.15) is 5.75 Å². The summed E-state index contributed by atoms with van der Waals surface area (Å²) >= 11 is 1.36. The van der Waals surface area contributed by atoms with Gasteiger partial charge in [0, 0.05) is 17.7 Å². The highest BCUT2D eigenvalue weighted by molar-refractivity contribution is 7.12. The number of carbonyl (C=O) groups is 2. The molecule has 22 heavy (non-hydrogen) atoms. The zero-order valence-corrected chi connectivity index (χ0v) is 13.4. The van der Waals surface area contributed by atoms with Gasteiger partial charge in [-0.15, -0.1) is 11.3 Å². The Labute approximate surface area is 133 Å². The molecule has 0 spiro atoms. The summed E-state index contributed by atoms with van der Waals surface area (Å²) in [6, 6.07) is 8.29. The Balaban J connectivity index is 2.19. The van der Waals surface area contributed by atoms with Crippen LogP contribution >= 0.6 is 11.3 Å². The van der Waals surface area contributed by atoms with Gasteiger partial charge in [-0.05, 0) is 30.9 Å². The molecule has 0 radical (unpaired) electrons. The zero-order valence-electron chi connectivity index (χ0n) is 12.6. The molecule has 0 fully saturated rings. The number of thiophene rings is 1. The Hall–Kier alpha value is -2.14. The molecule has 0 aliphatic rings. The molecule has 116 valence electrons. The smallest absolute Gasteiger partial charge is 0.227 e. The van der Waals surface area contributed by atoms with Crippen LogP contribution in [0.25, 0.3) is 0 Å². The quantitative estimate of drug-likeness (QED) is 0.803. The first-order valence-electron chi connectivity index (χ1n) is 7.23. The molecular weight excluding hydrogens is 298 g/mol. The summed E-state index contributed by atoms with van der Waals surface area (Å²) in [4.78, 5) is 24.8. The van der Waals surface area contributed by atoms with Crippen LogP contribution < -0.4 is 5.32 Å². The number of hydrogen-bond donors (Lipinski definition) is 2. The van der Waals surface area contributed by atoms with Gasteiger partial charge in [0.05, 0.1) is 10.8 Å². The van der Waals surface area contributed by atoms with E-state index in [1.54, 1.807) is 25.1 Å². The fourth-order valence-electron chi connectivity index (χ4n) is 2.14. The van der Waals surface area contributed by atoms with Crippen LogP contribution in [-0.4, -0.2) is 23.3 Å². The van der Waals surface area contributed by atoms with Gasteiger partial charge in [0.2, 0.25) is 11.7 Å². The minimum atomic E-state index is -0.461. The molecule has 1 heterocycles. The lowest BCUT2D eigenvalue weighted by molar-refractivity contribution is -0.122. The Morgan fingerprint density at radius 2 is 2.09 bits per heavy atom. The van der Waals surface area contributed by atoms with Gasteiger partial charge in [-0.1, -0.05) is 25.1 Å². The fourth-order valence-corrected chi connectivity index (χ4v) is 2.83. The molecule has 1 atom stereocenters. The van der Waals surface area contributed by atoms with Crippen molar-refractivity contribution in [2.45, 2.75) is 26.2 Å². The number of carbonyl (C=O) groups excluding carboxylic acids is 2. The van der Waals surface area contributed by atoms with Crippen molar-refractivity contribution >= 4 is 23.0 Å². The normalized spacial score (nSPS) is 11.9. The number of ketones is 1. The molecule has 1 aromatic carbocycles. The lowest BCUT2D eigenvalue weighted by Gasteiger charge is -2.14. The molecule has 2 rings (SSSR count). The summed E-state index contributed by atoms with van der Waals surface area (Å²) in [6.45, 7) is 4.33. The number of phenolic OH excluding ortho intramolecular Hbond substituents is 1. The number of phenols is 1. The van der Waals surface area contributed by atoms with Crippen molar-refractivity contribution in [2.75, 3.05) is 6.54 Å². The maximum absolute atomic E-state index is 12.2. The summed E-state index contributed by atoms with van der Waals surface area (Å²) in [5, 5.41) is 14.8. The molecule has 0 bridgehead atoms. The van der Waals surface area contributed by atoms with E-state index in [2.05, 4.69) is 5.32 Å². The highest BCUT2D eigenvalue weighted by Crippen LogP contribution is 2.28. The predicted molar refractivity (Wildman–Crippen MR) is 87.6 cm³/mol. The van der Waals surface area contributed by atoms with Gasteiger partial charge < -0.3 is 10.4 Å². The number of nitrogens with one attached hydrogen (secondary N) is 1. The van der Waals surface area contributed by atoms with Crippen molar-refractivity contribution in [3.63, 3.8) is 0 Å². The molecule has 2 aromatic rings. The topological polar surface area (TPSA) is 66.4 Å². The molecule has 0 aliphatic carbocycles. The second-order valence-corrected chi connectivity index (χ2v) is 6.04. The Morgan fingerprint density at radius 1 is 1.32 bits per heavy atom. The van der Waals surface area contributed by atoms with E-state index in [1.807, 2.05) is 18.4 Å². The average Bonchev–Trinajstić information content (AvgIpc) is 3.05. The maximum Gasteiger partial charge on any atom is 0.227 e. The molecule has 4 nitrogen and oxygen atoms in total. The zero-order chi connectivity index (χ0) is 16.1. The van der Waals surface area contributed by atoms with Crippen molar-refractivity contribution in [1.82, 2.24) is 5.32 Å². The van der Waals surface area contributed by atoms with Crippen LogP contribution in [0.1, 0.15) is 47.0 Å². The summed E-state index contributed by atoms with van der Waals surface area (Å²) in [6.07, 6.45) is 0.860. The van der Waals surface area contributed by atoms with Crippen molar-refractivity contribution in [3.8, 4) is 5.75 Å². The van der Waals surface area contributed by atoms with Crippen LogP contribution in [0.4, 0.5) is 0 Å². The van der Waals surface area contributed by atoms with Crippen LogP contribution in [0.15, 0.2) is 35.7 Å². The molecule has 5 heteroatoms. The lowest BCUT2D eigenvalue weighted by atomic mass is 9.96. The van der Waals surface area contributed by atoms with Gasteiger partial charge in [-0.2, -0.15) is 0 Å². The highest BCUT2D eigenvalue weighted by atomic mass is 32.1. The minimum Gasteiger partial charge on any atom is -0.508 e. The molecule has 0 saturated carbocycles. The second-order valence-electron chi connectivity index (χ2n) is 5.09. The van der Waals surface area contributed by atoms with E-state index in [1.165, 1.54) is 17.4 Å². The van der Waals surface area contributed by atoms with Gasteiger partial charge in [-0.3, -0.25) is 9.59 Å². The Bertz CT molecular complexity index is 665. The molecule has 0 aliphatic heterocycles. The third-order valence-corrected chi connectivity index (χ3v) is 4.32. The molecular formula is C17H19NO3S. The average molecular weight is 317 g/mol. The van der Waals surface area contributed by atoms with Crippen LogP contribution in [0, 0.1) is 0 Å². The van der Waals surface area contributed by atoms with Crippen LogP contribution in [0.2, 0.25) is 0 Å². The lowest BCUT2D eigenvalue weighted by Crippen LogP contribution is -2.28. The standard InChI is InChI=1S/C17H19NO3S/c1-3-8-18-17(21)11(2)13-7-6-12(10-14(13)19)16(20)15-5-4-9-22-15/h4-7,9-11,19H,3,8H2,1-2H3,(H,18,21). The maximum atomic E-state index is 12.2. The van der Waals surface area contributed by atoms with E-state index < -0.39 is 5.92 Å². The molecule has 1 amide bonds. The largest absolute Gasteiger partial charge is 0.508 e. The first-order valence-corrected chi connectivity index (χ1v) is 8.11. The van der Waals surface area contributed by atoms with Crippen LogP contribution in [0.5, 0.6) is 5.75 Å². The summed E-state index contributed by atoms with van der Waals surface area (Å²) < 4.78 is 0. The van der Waals surface area contributed by atoms with E-state index in [-0.39, 0.29) is 17.4 Å². The predicted octanol–water partition coefficient (Wildman–Crippen LogP) is 3.31. The van der Waals surface area contributed by atoms with E-state index in [9.17, 15) is 14.7 Å². The summed E-state index contributed by atoms with van der Waals surface area (Å²) in [7, 11) is 0. The van der Waals surface area contributed by atoms with Gasteiger partial charge in [-0.25, -0.2) is 0 Å². The number of aromatic hydroxyl groups is 1. The van der Waals surface area contributed by atoms with Gasteiger partial charge >= 0.3 is 0 Å². The first kappa shape index (κ1) is 16.2. The summed E-state index contributed by atoms with van der Waals surface area (Å²) in [5.41, 5.74) is 0.946. The monoisotopic (exact) mass is 317 g/mol. The van der Waals surface area contributed by atoms with Crippen molar-refractivity contribution in [3.05, 3.63) is 51.7 Å². The van der Waals surface area contributed by atoms with E-state index in [0.29, 0.717) is 22.5 Å². The van der Waals surface area contributed by atoms with Crippen molar-refractivity contribution in [2.24, 2.45) is 0 Å². The van der Waals surface area contributed by atoms with E-state index >= 15 is 0 Å².